The van der Waals surface area contributed by atoms with Crippen molar-refractivity contribution in [2.75, 3.05) is 11.2 Å². The molecule has 0 aromatic heterocycles. The second-order valence-corrected chi connectivity index (χ2v) is 6.04. The number of amides is 1. The molecule has 1 N–H and O–H groups in total. The average molecular weight is 312 g/mol. The summed E-state index contributed by atoms with van der Waals surface area (Å²) in [7, 11) is -4.77. The minimum Gasteiger partial charge on any atom is -0.325 e. The van der Waals surface area contributed by atoms with Crippen molar-refractivity contribution in [3.63, 3.8) is 0 Å². The Balaban J connectivity index is 3.14. The molecule has 4 nitrogen and oxygen atoms in total. The Morgan fingerprint density at radius 3 is 2.47 bits per heavy atom. The first-order valence-corrected chi connectivity index (χ1v) is 7.36. The highest BCUT2D eigenvalue weighted by atomic mass is 35.5. The zero-order chi connectivity index (χ0) is 14.6. The van der Waals surface area contributed by atoms with Gasteiger partial charge in [0.2, 0.25) is 15.7 Å². The molecule has 1 aromatic rings. The van der Waals surface area contributed by atoms with Gasteiger partial charge in [0.05, 0.1) is 10.6 Å². The van der Waals surface area contributed by atoms with Crippen molar-refractivity contribution in [1.82, 2.24) is 0 Å². The van der Waals surface area contributed by atoms with Crippen LogP contribution < -0.4 is 5.32 Å². The maximum Gasteiger partial charge on any atom is 0.341 e. The Bertz CT molecular complexity index is 563. The van der Waals surface area contributed by atoms with Gasteiger partial charge in [0.25, 0.3) is 0 Å². The highest BCUT2D eigenvalue weighted by molar-refractivity contribution is 7.91. The number of anilines is 1. The number of halogens is 3. The van der Waals surface area contributed by atoms with Crippen LogP contribution in [-0.2, 0) is 14.6 Å². The fourth-order valence-corrected chi connectivity index (χ4v) is 2.27. The molecule has 8 heteroatoms. The molecule has 0 bridgehead atoms. The lowest BCUT2D eigenvalue weighted by molar-refractivity contribution is -0.118. The van der Waals surface area contributed by atoms with E-state index in [2.05, 4.69) is 5.32 Å². The predicted octanol–water partition coefficient (Wildman–Crippen LogP) is 2.50. The van der Waals surface area contributed by atoms with E-state index in [-0.39, 0.29) is 11.6 Å². The average Bonchev–Trinajstić information content (AvgIpc) is 2.37. The predicted molar refractivity (Wildman–Crippen MR) is 68.1 cm³/mol. The Morgan fingerprint density at radius 1 is 1.37 bits per heavy atom. The largest absolute Gasteiger partial charge is 0.341 e. The summed E-state index contributed by atoms with van der Waals surface area (Å²) in [6.45, 7) is 1.53. The number of sulfone groups is 1. The van der Waals surface area contributed by atoms with Crippen LogP contribution in [0.4, 0.5) is 14.5 Å². The van der Waals surface area contributed by atoms with E-state index in [1.807, 2.05) is 0 Å². The van der Waals surface area contributed by atoms with E-state index in [1.54, 1.807) is 0 Å². The third kappa shape index (κ3) is 3.63. The van der Waals surface area contributed by atoms with Gasteiger partial charge < -0.3 is 5.32 Å². The van der Waals surface area contributed by atoms with Crippen LogP contribution in [0.2, 0.25) is 0 Å². The summed E-state index contributed by atoms with van der Waals surface area (Å²) in [5.41, 5.74) is -0.176. The van der Waals surface area contributed by atoms with Gasteiger partial charge in [0, 0.05) is 11.8 Å². The molecule has 0 aliphatic heterocycles. The van der Waals surface area contributed by atoms with Gasteiger partial charge in [-0.15, -0.1) is 11.6 Å². The van der Waals surface area contributed by atoms with Crippen molar-refractivity contribution in [3.8, 4) is 0 Å². The lowest BCUT2D eigenvalue weighted by Gasteiger charge is -2.13. The molecule has 0 fully saturated rings. The molecular formula is C11H12ClF2NO3S. The van der Waals surface area contributed by atoms with Gasteiger partial charge in [-0.2, -0.15) is 8.78 Å². The number of nitrogens with one attached hydrogen (secondary N) is 1. The molecule has 19 heavy (non-hydrogen) atoms. The van der Waals surface area contributed by atoms with Crippen molar-refractivity contribution in [2.24, 2.45) is 5.92 Å². The Hall–Kier alpha value is -1.21. The van der Waals surface area contributed by atoms with Crippen LogP contribution in [0.3, 0.4) is 0 Å². The van der Waals surface area contributed by atoms with E-state index in [0.29, 0.717) is 0 Å². The molecule has 0 radical (unpaired) electrons. The van der Waals surface area contributed by atoms with Crippen molar-refractivity contribution in [2.45, 2.75) is 17.6 Å². The number of rotatable bonds is 5. The fraction of sp³-hybridized carbons (Fsp3) is 0.364. The topological polar surface area (TPSA) is 63.2 Å². The Labute approximate surface area is 114 Å². The molecule has 0 saturated heterocycles. The summed E-state index contributed by atoms with van der Waals surface area (Å²) in [5, 5.41) is 2.29. The zero-order valence-corrected chi connectivity index (χ0v) is 11.5. The summed E-state index contributed by atoms with van der Waals surface area (Å²) in [6, 6.07) is 5.00. The Morgan fingerprint density at radius 2 is 1.95 bits per heavy atom. The van der Waals surface area contributed by atoms with Crippen molar-refractivity contribution in [1.29, 1.82) is 0 Å². The second kappa shape index (κ2) is 6.29. The second-order valence-electron chi connectivity index (χ2n) is 3.85. The number of hydrogen-bond acceptors (Lipinski definition) is 3. The first kappa shape index (κ1) is 15.8. The number of carbonyl (C=O) groups is 1. The maximum absolute atomic E-state index is 12.5. The molecule has 0 aliphatic carbocycles. The van der Waals surface area contributed by atoms with E-state index < -0.39 is 32.3 Å². The molecule has 106 valence electrons. The van der Waals surface area contributed by atoms with E-state index >= 15 is 0 Å². The minimum absolute atomic E-state index is 0.0373. The fourth-order valence-electron chi connectivity index (χ4n) is 1.24. The van der Waals surface area contributed by atoms with Crippen LogP contribution >= 0.6 is 11.6 Å². The summed E-state index contributed by atoms with van der Waals surface area (Å²) in [4.78, 5) is 11.0. The summed E-state index contributed by atoms with van der Waals surface area (Å²) >= 11 is 5.49. The smallest absolute Gasteiger partial charge is 0.325 e. The molecule has 0 heterocycles. The first-order valence-electron chi connectivity index (χ1n) is 5.28. The SMILES string of the molecule is CC(CCl)C(=O)Nc1ccccc1S(=O)(=O)C(F)F. The Kier molecular flexibility index (Phi) is 5.25. The lowest BCUT2D eigenvalue weighted by Crippen LogP contribution is -2.23. The normalized spacial score (nSPS) is 13.3. The van der Waals surface area contributed by atoms with Gasteiger partial charge in [0.1, 0.15) is 0 Å². The van der Waals surface area contributed by atoms with Crippen molar-refractivity contribution < 1.29 is 22.0 Å². The summed E-state index contributed by atoms with van der Waals surface area (Å²) < 4.78 is 47.9. The highest BCUT2D eigenvalue weighted by Crippen LogP contribution is 2.26. The first-order chi connectivity index (χ1) is 8.80. The molecule has 1 unspecified atom stereocenters. The van der Waals surface area contributed by atoms with Gasteiger partial charge in [-0.05, 0) is 12.1 Å². The minimum atomic E-state index is -4.77. The molecule has 1 rings (SSSR count). The van der Waals surface area contributed by atoms with Crippen LogP contribution in [0.1, 0.15) is 6.92 Å². The van der Waals surface area contributed by atoms with Crippen LogP contribution in [0, 0.1) is 5.92 Å². The highest BCUT2D eigenvalue weighted by Gasteiger charge is 2.29. The van der Waals surface area contributed by atoms with Gasteiger partial charge >= 0.3 is 5.76 Å². The molecule has 1 amide bonds. The van der Waals surface area contributed by atoms with E-state index in [4.69, 9.17) is 11.6 Å². The van der Waals surface area contributed by atoms with Crippen LogP contribution in [0.15, 0.2) is 29.2 Å². The van der Waals surface area contributed by atoms with Gasteiger partial charge in [-0.25, -0.2) is 8.42 Å². The van der Waals surface area contributed by atoms with Crippen LogP contribution in [0.25, 0.3) is 0 Å². The number of para-hydroxylation sites is 1. The quantitative estimate of drug-likeness (QED) is 0.850. The molecule has 0 spiro atoms. The third-order valence-electron chi connectivity index (χ3n) is 2.37. The monoisotopic (exact) mass is 311 g/mol. The lowest BCUT2D eigenvalue weighted by atomic mass is 10.2. The standard InChI is InChI=1S/C11H12ClF2NO3S/c1-7(6-12)10(16)15-8-4-2-3-5-9(8)19(17,18)11(13)14/h2-5,7,11H,6H2,1H3,(H,15,16). The summed E-state index contributed by atoms with van der Waals surface area (Å²) in [6.07, 6.45) is 0. The molecular weight excluding hydrogens is 300 g/mol. The van der Waals surface area contributed by atoms with E-state index in [1.165, 1.54) is 25.1 Å². The summed E-state index contributed by atoms with van der Waals surface area (Å²) in [5.74, 6) is -4.61. The number of alkyl halides is 3. The molecule has 1 atom stereocenters. The molecule has 0 saturated carbocycles. The van der Waals surface area contributed by atoms with E-state index in [0.717, 1.165) is 6.07 Å². The maximum atomic E-state index is 12.5. The van der Waals surface area contributed by atoms with Gasteiger partial charge in [-0.1, -0.05) is 19.1 Å². The van der Waals surface area contributed by atoms with Crippen molar-refractivity contribution in [3.05, 3.63) is 24.3 Å². The zero-order valence-electron chi connectivity index (χ0n) is 9.94. The number of hydrogen-bond donors (Lipinski definition) is 1. The van der Waals surface area contributed by atoms with Gasteiger partial charge in [0.15, 0.2) is 0 Å². The van der Waals surface area contributed by atoms with Crippen LogP contribution in [-0.4, -0.2) is 26.0 Å². The number of benzene rings is 1. The van der Waals surface area contributed by atoms with Gasteiger partial charge in [-0.3, -0.25) is 4.79 Å². The van der Waals surface area contributed by atoms with Crippen molar-refractivity contribution >= 4 is 33.0 Å². The number of carbonyl (C=O) groups excluding carboxylic acids is 1. The van der Waals surface area contributed by atoms with E-state index in [9.17, 15) is 22.0 Å². The molecule has 0 aliphatic rings. The molecule has 1 aromatic carbocycles. The third-order valence-corrected chi connectivity index (χ3v) is 4.27. The van der Waals surface area contributed by atoms with Crippen LogP contribution in [0.5, 0.6) is 0 Å².